The van der Waals surface area contributed by atoms with Crippen LogP contribution in [0, 0.1) is 6.92 Å². The lowest BCUT2D eigenvalue weighted by Crippen LogP contribution is -2.14. The Kier molecular flexibility index (Phi) is 2.67. The number of hydrogen-bond donors (Lipinski definition) is 1. The Labute approximate surface area is 107 Å². The number of aryl methyl sites for hydroxylation is 1. The molecule has 2 heterocycles. The van der Waals surface area contributed by atoms with Gasteiger partial charge in [-0.1, -0.05) is 6.07 Å². The lowest BCUT2D eigenvalue weighted by molar-refractivity contribution is 0.585. The molecule has 0 unspecified atom stereocenters. The van der Waals surface area contributed by atoms with E-state index in [1.807, 2.05) is 31.2 Å². The maximum atomic E-state index is 13.0. The number of nitrogens with zero attached hydrogens (tertiary/aromatic N) is 1. The molecule has 3 rings (SSSR count). The summed E-state index contributed by atoms with van der Waals surface area (Å²) in [7, 11) is -2.29. The van der Waals surface area contributed by atoms with Gasteiger partial charge >= 0.3 is 0 Å². The second-order valence-electron chi connectivity index (χ2n) is 5.07. The van der Waals surface area contributed by atoms with E-state index in [0.717, 1.165) is 47.1 Å². The minimum absolute atomic E-state index is 0.665. The zero-order valence-electron chi connectivity index (χ0n) is 10.5. The maximum absolute atomic E-state index is 13.0. The third-order valence-electron chi connectivity index (χ3n) is 3.71. The highest BCUT2D eigenvalue weighted by Gasteiger charge is 2.32. The molecule has 1 aliphatic heterocycles. The fourth-order valence-corrected chi connectivity index (χ4v) is 6.14. The van der Waals surface area contributed by atoms with Crippen molar-refractivity contribution in [3.63, 3.8) is 0 Å². The van der Waals surface area contributed by atoms with Gasteiger partial charge in [0.25, 0.3) is 0 Å². The van der Waals surface area contributed by atoms with E-state index >= 15 is 0 Å². The first kappa shape index (κ1) is 11.7. The van der Waals surface area contributed by atoms with Crippen molar-refractivity contribution in [1.82, 2.24) is 4.98 Å². The average molecular weight is 260 g/mol. The van der Waals surface area contributed by atoms with Crippen LogP contribution >= 0.6 is 7.14 Å². The number of aromatic nitrogens is 1. The SMILES string of the molecule is Cc1ccc2c(P3(=O)CCCC3)c(N)ccc2n1. The van der Waals surface area contributed by atoms with Crippen molar-refractivity contribution < 1.29 is 4.57 Å². The highest BCUT2D eigenvalue weighted by atomic mass is 31.2. The Morgan fingerprint density at radius 1 is 1.17 bits per heavy atom. The monoisotopic (exact) mass is 260 g/mol. The largest absolute Gasteiger partial charge is 0.398 e. The minimum atomic E-state index is -2.29. The zero-order valence-corrected chi connectivity index (χ0v) is 11.4. The molecule has 2 N–H and O–H groups in total. The van der Waals surface area contributed by atoms with Crippen LogP contribution in [0.15, 0.2) is 24.3 Å². The van der Waals surface area contributed by atoms with Gasteiger partial charge in [0.2, 0.25) is 0 Å². The van der Waals surface area contributed by atoms with Crippen LogP contribution in [0.3, 0.4) is 0 Å². The first-order chi connectivity index (χ1) is 8.60. The van der Waals surface area contributed by atoms with Crippen molar-refractivity contribution in [3.8, 4) is 0 Å². The van der Waals surface area contributed by atoms with E-state index in [4.69, 9.17) is 5.73 Å². The van der Waals surface area contributed by atoms with Crippen LogP contribution in [-0.2, 0) is 4.57 Å². The molecule has 0 amide bonds. The summed E-state index contributed by atoms with van der Waals surface area (Å²) < 4.78 is 13.0. The molecule has 1 aromatic carbocycles. The molecular formula is C14H17N2OP. The predicted molar refractivity (Wildman–Crippen MR) is 77.1 cm³/mol. The summed E-state index contributed by atoms with van der Waals surface area (Å²) in [5.41, 5.74) is 8.63. The van der Waals surface area contributed by atoms with Crippen LogP contribution < -0.4 is 11.0 Å². The van der Waals surface area contributed by atoms with Crippen molar-refractivity contribution in [2.45, 2.75) is 19.8 Å². The molecule has 94 valence electrons. The van der Waals surface area contributed by atoms with Gasteiger partial charge in [0.05, 0.1) is 5.52 Å². The number of benzene rings is 1. The normalized spacial score (nSPS) is 18.3. The van der Waals surface area contributed by atoms with Crippen LogP contribution in [0.5, 0.6) is 0 Å². The van der Waals surface area contributed by atoms with E-state index in [-0.39, 0.29) is 0 Å². The number of pyridine rings is 1. The van der Waals surface area contributed by atoms with E-state index in [1.165, 1.54) is 0 Å². The third kappa shape index (κ3) is 1.74. The highest BCUT2D eigenvalue weighted by molar-refractivity contribution is 7.72. The number of hydrogen-bond acceptors (Lipinski definition) is 3. The van der Waals surface area contributed by atoms with E-state index in [0.29, 0.717) is 5.69 Å². The molecule has 1 aromatic heterocycles. The van der Waals surface area contributed by atoms with E-state index in [9.17, 15) is 4.57 Å². The van der Waals surface area contributed by atoms with Crippen LogP contribution in [0.2, 0.25) is 0 Å². The number of nitrogens with two attached hydrogens (primary N) is 1. The van der Waals surface area contributed by atoms with E-state index in [2.05, 4.69) is 4.98 Å². The van der Waals surface area contributed by atoms with Gasteiger partial charge in [-0.3, -0.25) is 4.98 Å². The van der Waals surface area contributed by atoms with E-state index < -0.39 is 7.14 Å². The maximum Gasteiger partial charge on any atom is 0.118 e. The molecule has 3 nitrogen and oxygen atoms in total. The van der Waals surface area contributed by atoms with Crippen molar-refractivity contribution >= 4 is 29.0 Å². The van der Waals surface area contributed by atoms with Crippen LogP contribution in [0.1, 0.15) is 18.5 Å². The topological polar surface area (TPSA) is 56.0 Å². The molecule has 0 radical (unpaired) electrons. The highest BCUT2D eigenvalue weighted by Crippen LogP contribution is 2.53. The van der Waals surface area contributed by atoms with Gasteiger partial charge < -0.3 is 10.3 Å². The molecule has 1 saturated heterocycles. The second-order valence-corrected chi connectivity index (χ2v) is 8.19. The zero-order chi connectivity index (χ0) is 12.8. The van der Waals surface area contributed by atoms with Gasteiger partial charge in [-0.15, -0.1) is 0 Å². The van der Waals surface area contributed by atoms with Gasteiger partial charge in [-0.25, -0.2) is 0 Å². The lowest BCUT2D eigenvalue weighted by Gasteiger charge is -2.16. The summed E-state index contributed by atoms with van der Waals surface area (Å²) in [5.74, 6) is 0. The number of fused-ring (bicyclic) bond motifs is 1. The minimum Gasteiger partial charge on any atom is -0.398 e. The summed E-state index contributed by atoms with van der Waals surface area (Å²) >= 11 is 0. The van der Waals surface area contributed by atoms with E-state index in [1.54, 1.807) is 0 Å². The molecule has 0 spiro atoms. The molecule has 0 bridgehead atoms. The Balaban J connectivity index is 2.33. The lowest BCUT2D eigenvalue weighted by atomic mass is 10.2. The van der Waals surface area contributed by atoms with Crippen LogP contribution in [0.4, 0.5) is 5.69 Å². The molecule has 0 saturated carbocycles. The van der Waals surface area contributed by atoms with Crippen molar-refractivity contribution in [1.29, 1.82) is 0 Å². The Bertz CT molecular complexity index is 656. The predicted octanol–water partition coefficient (Wildman–Crippen LogP) is 2.91. The molecule has 0 atom stereocenters. The standard InChI is InChI=1S/C14H17N2OP/c1-10-4-5-11-13(16-10)7-6-12(15)14(11)18(17)8-2-3-9-18/h4-7H,2-3,8-9,15H2,1H3. The Morgan fingerprint density at radius 2 is 1.89 bits per heavy atom. The smallest absolute Gasteiger partial charge is 0.118 e. The summed E-state index contributed by atoms with van der Waals surface area (Å²) in [6.07, 6.45) is 3.69. The van der Waals surface area contributed by atoms with Gasteiger partial charge in [0.15, 0.2) is 0 Å². The van der Waals surface area contributed by atoms with Crippen LogP contribution in [0.25, 0.3) is 10.9 Å². The van der Waals surface area contributed by atoms with Crippen molar-refractivity contribution in [2.24, 2.45) is 0 Å². The first-order valence-electron chi connectivity index (χ1n) is 6.35. The summed E-state index contributed by atoms with van der Waals surface area (Å²) in [6.45, 7) is 1.97. The Morgan fingerprint density at radius 3 is 2.61 bits per heavy atom. The number of nitrogen functional groups attached to an aromatic ring is 1. The van der Waals surface area contributed by atoms with Gasteiger partial charge in [0.1, 0.15) is 7.14 Å². The molecule has 18 heavy (non-hydrogen) atoms. The third-order valence-corrected chi connectivity index (χ3v) is 7.10. The quantitative estimate of drug-likeness (QED) is 0.633. The van der Waals surface area contributed by atoms with Gasteiger partial charge in [0, 0.05) is 34.4 Å². The average Bonchev–Trinajstić information content (AvgIpc) is 2.77. The number of rotatable bonds is 1. The molecule has 0 aliphatic carbocycles. The summed E-state index contributed by atoms with van der Waals surface area (Å²) in [5, 5.41) is 1.86. The molecule has 1 fully saturated rings. The fraction of sp³-hybridized carbons (Fsp3) is 0.357. The van der Waals surface area contributed by atoms with Gasteiger partial charge in [-0.05, 0) is 38.0 Å². The summed E-state index contributed by atoms with van der Waals surface area (Å²) in [6, 6.07) is 7.75. The summed E-state index contributed by atoms with van der Waals surface area (Å²) in [4.78, 5) is 4.50. The van der Waals surface area contributed by atoms with Crippen LogP contribution in [-0.4, -0.2) is 17.3 Å². The molecular weight excluding hydrogens is 243 g/mol. The fourth-order valence-electron chi connectivity index (χ4n) is 2.83. The molecule has 4 heteroatoms. The van der Waals surface area contributed by atoms with Crippen molar-refractivity contribution in [3.05, 3.63) is 30.0 Å². The van der Waals surface area contributed by atoms with Crippen molar-refractivity contribution in [2.75, 3.05) is 18.1 Å². The number of anilines is 1. The van der Waals surface area contributed by atoms with Gasteiger partial charge in [-0.2, -0.15) is 0 Å². The first-order valence-corrected chi connectivity index (χ1v) is 8.42. The molecule has 2 aromatic rings. The Hall–Kier alpha value is -1.34. The second kappa shape index (κ2) is 4.10. The molecule has 1 aliphatic rings.